The van der Waals surface area contributed by atoms with E-state index < -0.39 is 0 Å². The molecule has 1 rings (SSSR count). The van der Waals surface area contributed by atoms with Crippen molar-refractivity contribution in [2.45, 2.75) is 33.1 Å². The summed E-state index contributed by atoms with van der Waals surface area (Å²) >= 11 is 0. The van der Waals surface area contributed by atoms with Gasteiger partial charge in [-0.2, -0.15) is 0 Å². The van der Waals surface area contributed by atoms with Crippen molar-refractivity contribution < 1.29 is 0 Å². The molecule has 1 heterocycles. The van der Waals surface area contributed by atoms with E-state index in [0.29, 0.717) is 12.5 Å². The van der Waals surface area contributed by atoms with Crippen LogP contribution >= 0.6 is 0 Å². The normalized spacial score (nSPS) is 12.2. The minimum Gasteiger partial charge on any atom is -0.370 e. The van der Waals surface area contributed by atoms with Crippen LogP contribution in [0, 0.1) is 5.92 Å². The van der Waals surface area contributed by atoms with Crippen LogP contribution in [0.25, 0.3) is 0 Å². The third-order valence-electron chi connectivity index (χ3n) is 3.17. The lowest BCUT2D eigenvalue weighted by atomic mass is 10.2. The Bertz CT molecular complexity index is 355. The molecule has 0 saturated heterocycles. The summed E-state index contributed by atoms with van der Waals surface area (Å²) < 4.78 is 0. The second kappa shape index (κ2) is 8.69. The van der Waals surface area contributed by atoms with Crippen molar-refractivity contribution in [3.05, 3.63) is 12.4 Å². The molecular weight excluding hydrogens is 238 g/mol. The molecule has 5 heteroatoms. The van der Waals surface area contributed by atoms with Gasteiger partial charge in [-0.3, -0.25) is 0 Å². The molecule has 0 aliphatic rings. The topological polar surface area (TPSA) is 67.1 Å². The van der Waals surface area contributed by atoms with Crippen LogP contribution in [0.4, 0.5) is 11.6 Å². The van der Waals surface area contributed by atoms with E-state index in [1.165, 1.54) is 19.3 Å². The van der Waals surface area contributed by atoms with Crippen LogP contribution < -0.4 is 16.0 Å². The standard InChI is InChI=1S/C14H27N5/c1-4-5-6-7-19(3)14-8-13(17-11-18-14)16-10-12(2)9-15/h8,11-12H,4-7,9-10,15H2,1-3H3,(H,16,17,18). The molecule has 1 atom stereocenters. The zero-order valence-electron chi connectivity index (χ0n) is 12.4. The second-order valence-electron chi connectivity index (χ2n) is 5.11. The Kier molecular flexibility index (Phi) is 7.18. The van der Waals surface area contributed by atoms with E-state index in [2.05, 4.69) is 41.1 Å². The Morgan fingerprint density at radius 1 is 1.37 bits per heavy atom. The maximum atomic E-state index is 5.60. The SMILES string of the molecule is CCCCCN(C)c1cc(NCC(C)CN)ncn1. The molecule has 0 aliphatic heterocycles. The largest absolute Gasteiger partial charge is 0.370 e. The third-order valence-corrected chi connectivity index (χ3v) is 3.17. The van der Waals surface area contributed by atoms with Crippen LogP contribution in [0.2, 0.25) is 0 Å². The Morgan fingerprint density at radius 3 is 2.84 bits per heavy atom. The molecule has 1 aromatic heterocycles. The van der Waals surface area contributed by atoms with Crippen molar-refractivity contribution in [3.8, 4) is 0 Å². The minimum atomic E-state index is 0.445. The lowest BCUT2D eigenvalue weighted by Crippen LogP contribution is -2.22. The van der Waals surface area contributed by atoms with Crippen LogP contribution in [-0.2, 0) is 0 Å². The molecule has 0 fully saturated rings. The second-order valence-corrected chi connectivity index (χ2v) is 5.11. The number of nitrogens with one attached hydrogen (secondary N) is 1. The first-order valence-corrected chi connectivity index (χ1v) is 7.14. The molecule has 0 bridgehead atoms. The van der Waals surface area contributed by atoms with Gasteiger partial charge >= 0.3 is 0 Å². The fourth-order valence-electron chi connectivity index (χ4n) is 1.73. The average Bonchev–Trinajstić information content (AvgIpc) is 2.45. The highest BCUT2D eigenvalue weighted by atomic mass is 15.2. The smallest absolute Gasteiger partial charge is 0.133 e. The molecular formula is C14H27N5. The molecule has 0 spiro atoms. The van der Waals surface area contributed by atoms with E-state index >= 15 is 0 Å². The number of aromatic nitrogens is 2. The van der Waals surface area contributed by atoms with Crippen molar-refractivity contribution in [2.24, 2.45) is 11.7 Å². The van der Waals surface area contributed by atoms with Gasteiger partial charge in [-0.15, -0.1) is 0 Å². The molecule has 1 aromatic rings. The van der Waals surface area contributed by atoms with Gasteiger partial charge in [-0.1, -0.05) is 26.7 Å². The lowest BCUT2D eigenvalue weighted by molar-refractivity contribution is 0.626. The zero-order valence-corrected chi connectivity index (χ0v) is 12.4. The van der Waals surface area contributed by atoms with Gasteiger partial charge in [0.05, 0.1) is 0 Å². The predicted molar refractivity (Wildman–Crippen MR) is 81.5 cm³/mol. The Labute approximate surface area is 116 Å². The van der Waals surface area contributed by atoms with Crippen molar-refractivity contribution in [2.75, 3.05) is 36.9 Å². The van der Waals surface area contributed by atoms with Crippen LogP contribution in [0.1, 0.15) is 33.1 Å². The van der Waals surface area contributed by atoms with Crippen LogP contribution in [0.5, 0.6) is 0 Å². The van der Waals surface area contributed by atoms with E-state index in [-0.39, 0.29) is 0 Å². The summed E-state index contributed by atoms with van der Waals surface area (Å²) in [5.74, 6) is 2.28. The highest BCUT2D eigenvalue weighted by Gasteiger charge is 2.05. The fourth-order valence-corrected chi connectivity index (χ4v) is 1.73. The summed E-state index contributed by atoms with van der Waals surface area (Å²) in [5.41, 5.74) is 5.60. The maximum Gasteiger partial charge on any atom is 0.133 e. The molecule has 0 radical (unpaired) electrons. The van der Waals surface area contributed by atoms with E-state index in [9.17, 15) is 0 Å². The quantitative estimate of drug-likeness (QED) is 0.669. The number of nitrogens with zero attached hydrogens (tertiary/aromatic N) is 3. The van der Waals surface area contributed by atoms with E-state index in [4.69, 9.17) is 5.73 Å². The number of hydrogen-bond donors (Lipinski definition) is 2. The van der Waals surface area contributed by atoms with Crippen molar-refractivity contribution in [1.82, 2.24) is 9.97 Å². The number of hydrogen-bond acceptors (Lipinski definition) is 5. The van der Waals surface area contributed by atoms with Gasteiger partial charge in [0.25, 0.3) is 0 Å². The molecule has 0 amide bonds. The number of nitrogens with two attached hydrogens (primary N) is 1. The summed E-state index contributed by atoms with van der Waals surface area (Å²) in [6.45, 7) is 6.88. The fraction of sp³-hybridized carbons (Fsp3) is 0.714. The maximum absolute atomic E-state index is 5.60. The number of unbranched alkanes of at least 4 members (excludes halogenated alkanes) is 2. The molecule has 0 aliphatic carbocycles. The van der Waals surface area contributed by atoms with Crippen molar-refractivity contribution in [3.63, 3.8) is 0 Å². The van der Waals surface area contributed by atoms with Gasteiger partial charge in [0.15, 0.2) is 0 Å². The summed E-state index contributed by atoms with van der Waals surface area (Å²) in [4.78, 5) is 10.7. The molecule has 108 valence electrons. The number of rotatable bonds is 9. The van der Waals surface area contributed by atoms with Gasteiger partial charge in [-0.05, 0) is 18.9 Å². The van der Waals surface area contributed by atoms with E-state index in [1.807, 2.05) is 6.07 Å². The van der Waals surface area contributed by atoms with Crippen LogP contribution in [0.3, 0.4) is 0 Å². The van der Waals surface area contributed by atoms with Crippen LogP contribution in [-0.4, -0.2) is 36.6 Å². The first-order valence-electron chi connectivity index (χ1n) is 7.14. The summed E-state index contributed by atoms with van der Waals surface area (Å²) in [5, 5.41) is 3.30. The first-order chi connectivity index (χ1) is 9.17. The predicted octanol–water partition coefficient (Wildman–Crippen LogP) is 2.11. The lowest BCUT2D eigenvalue weighted by Gasteiger charge is -2.18. The molecule has 1 unspecified atom stereocenters. The van der Waals surface area contributed by atoms with Crippen molar-refractivity contribution >= 4 is 11.6 Å². The zero-order chi connectivity index (χ0) is 14.1. The van der Waals surface area contributed by atoms with Gasteiger partial charge in [-0.25, -0.2) is 9.97 Å². The summed E-state index contributed by atoms with van der Waals surface area (Å²) in [7, 11) is 2.07. The Morgan fingerprint density at radius 2 is 2.16 bits per heavy atom. The Hall–Kier alpha value is -1.36. The Balaban J connectivity index is 2.50. The van der Waals surface area contributed by atoms with Gasteiger partial charge in [0.2, 0.25) is 0 Å². The average molecular weight is 265 g/mol. The summed E-state index contributed by atoms with van der Waals surface area (Å²) in [6.07, 6.45) is 5.31. The molecule has 3 N–H and O–H groups in total. The van der Waals surface area contributed by atoms with E-state index in [0.717, 1.165) is 24.7 Å². The summed E-state index contributed by atoms with van der Waals surface area (Å²) in [6, 6.07) is 2.00. The minimum absolute atomic E-state index is 0.445. The molecule has 5 nitrogen and oxygen atoms in total. The van der Waals surface area contributed by atoms with Crippen LogP contribution in [0.15, 0.2) is 12.4 Å². The first kappa shape index (κ1) is 15.7. The number of anilines is 2. The monoisotopic (exact) mass is 265 g/mol. The van der Waals surface area contributed by atoms with Gasteiger partial charge in [0, 0.05) is 26.2 Å². The van der Waals surface area contributed by atoms with E-state index in [1.54, 1.807) is 6.33 Å². The highest BCUT2D eigenvalue weighted by Crippen LogP contribution is 2.13. The molecule has 19 heavy (non-hydrogen) atoms. The molecule has 0 aromatic carbocycles. The van der Waals surface area contributed by atoms with Crippen molar-refractivity contribution in [1.29, 1.82) is 0 Å². The van der Waals surface area contributed by atoms with Gasteiger partial charge in [0.1, 0.15) is 18.0 Å². The van der Waals surface area contributed by atoms with Gasteiger partial charge < -0.3 is 16.0 Å². The highest BCUT2D eigenvalue weighted by molar-refractivity contribution is 5.47. The third kappa shape index (κ3) is 5.87. The molecule has 0 saturated carbocycles.